The molecule has 0 heterocycles. The van der Waals surface area contributed by atoms with Crippen LogP contribution in [0, 0.1) is 11.3 Å². The Labute approximate surface area is 240 Å². The predicted octanol–water partition coefficient (Wildman–Crippen LogP) is 4.49. The maximum atomic E-state index is 13.4. The summed E-state index contributed by atoms with van der Waals surface area (Å²) in [4.78, 5) is 51.9. The number of rotatable bonds is 8. The number of nitrogens with one attached hydrogen (secondary N) is 3. The average Bonchev–Trinajstić information content (AvgIpc) is 3.41. The van der Waals surface area contributed by atoms with Crippen LogP contribution in [-0.4, -0.2) is 41.6 Å². The Balaban J connectivity index is 1.86. The van der Waals surface area contributed by atoms with E-state index in [4.69, 9.17) is 9.47 Å². The molecule has 3 amide bonds. The smallest absolute Gasteiger partial charge is 0.408 e. The number of carbonyl (C=O) groups excluding carboxylic acids is 4. The van der Waals surface area contributed by atoms with Gasteiger partial charge in [0, 0.05) is 12.0 Å². The number of ether oxygens (including phenoxy) is 2. The van der Waals surface area contributed by atoms with E-state index >= 15 is 0 Å². The first-order chi connectivity index (χ1) is 19.3. The molecule has 0 bridgehead atoms. The van der Waals surface area contributed by atoms with Gasteiger partial charge in [-0.1, -0.05) is 43.2 Å². The molecule has 1 atom stereocenters. The fourth-order valence-electron chi connectivity index (χ4n) is 4.85. The number of hydrazine groups is 1. The number of hydrogen-bond donors (Lipinski definition) is 3. The van der Waals surface area contributed by atoms with Gasteiger partial charge in [0.05, 0.1) is 23.7 Å². The van der Waals surface area contributed by atoms with Crippen LogP contribution in [0.3, 0.4) is 0 Å². The van der Waals surface area contributed by atoms with Crippen molar-refractivity contribution >= 4 is 23.9 Å². The standard InChI is InChI=1S/C31H38N4O6/c1-6-40-26(37)23-16-22(17-24(18-23)31(20-32)14-10-11-15-31)25(36)34-35-27(38)30(5,19-21-12-8-7-9-13-21)33-28(39)41-29(2,3)4/h7-9,12-13,16-18H,6,10-11,14-15,19H2,1-5H3,(H,33,39)(H,34,36)(H,35,38). The maximum Gasteiger partial charge on any atom is 0.408 e. The highest BCUT2D eigenvalue weighted by Crippen LogP contribution is 2.41. The molecule has 2 aromatic carbocycles. The lowest BCUT2D eigenvalue weighted by Crippen LogP contribution is -2.61. The van der Waals surface area contributed by atoms with Crippen LogP contribution in [-0.2, 0) is 26.1 Å². The molecule has 0 spiro atoms. The van der Waals surface area contributed by atoms with Gasteiger partial charge in [-0.3, -0.25) is 20.4 Å². The van der Waals surface area contributed by atoms with Crippen LogP contribution >= 0.6 is 0 Å². The quantitative estimate of drug-likeness (QED) is 0.317. The first-order valence-corrected chi connectivity index (χ1v) is 13.7. The third-order valence-corrected chi connectivity index (χ3v) is 6.90. The summed E-state index contributed by atoms with van der Waals surface area (Å²) in [6, 6.07) is 16.0. The maximum absolute atomic E-state index is 13.4. The van der Waals surface area contributed by atoms with Gasteiger partial charge in [-0.2, -0.15) is 5.26 Å². The van der Waals surface area contributed by atoms with Crippen LogP contribution in [0.5, 0.6) is 0 Å². The lowest BCUT2D eigenvalue weighted by atomic mass is 9.79. The van der Waals surface area contributed by atoms with Gasteiger partial charge in [0.1, 0.15) is 11.1 Å². The Morgan fingerprint density at radius 3 is 2.17 bits per heavy atom. The third-order valence-electron chi connectivity index (χ3n) is 6.90. The van der Waals surface area contributed by atoms with Crippen LogP contribution in [0.2, 0.25) is 0 Å². The van der Waals surface area contributed by atoms with E-state index in [9.17, 15) is 24.4 Å². The van der Waals surface area contributed by atoms with Gasteiger partial charge in [-0.05, 0) is 76.8 Å². The van der Waals surface area contributed by atoms with Crippen LogP contribution in [0.25, 0.3) is 0 Å². The van der Waals surface area contributed by atoms with Crippen molar-refractivity contribution in [3.05, 3.63) is 70.8 Å². The molecule has 1 saturated carbocycles. The van der Waals surface area contributed by atoms with Gasteiger partial charge in [0.25, 0.3) is 11.8 Å². The Bertz CT molecular complexity index is 1320. The fraction of sp³-hybridized carbons (Fsp3) is 0.452. The molecule has 0 radical (unpaired) electrons. The summed E-state index contributed by atoms with van der Waals surface area (Å²) in [5.41, 5.74) is 3.26. The van der Waals surface area contributed by atoms with E-state index in [-0.39, 0.29) is 24.2 Å². The molecule has 41 heavy (non-hydrogen) atoms. The first-order valence-electron chi connectivity index (χ1n) is 13.7. The van der Waals surface area contributed by atoms with Crippen molar-refractivity contribution in [2.45, 2.75) is 83.3 Å². The molecule has 0 aromatic heterocycles. The lowest BCUT2D eigenvalue weighted by Gasteiger charge is -2.31. The van der Waals surface area contributed by atoms with Crippen LogP contribution in [0.1, 0.15) is 92.1 Å². The summed E-state index contributed by atoms with van der Waals surface area (Å²) < 4.78 is 10.5. The van der Waals surface area contributed by atoms with E-state index in [1.807, 2.05) is 30.3 Å². The Morgan fingerprint density at radius 1 is 0.951 bits per heavy atom. The molecule has 10 heteroatoms. The molecular weight excluding hydrogens is 524 g/mol. The van der Waals surface area contributed by atoms with Gasteiger partial charge >= 0.3 is 12.1 Å². The number of alkyl carbamates (subject to hydrolysis) is 1. The Hall–Kier alpha value is -4.39. The van der Waals surface area contributed by atoms with E-state index in [2.05, 4.69) is 22.2 Å². The van der Waals surface area contributed by atoms with Crippen molar-refractivity contribution in [3.8, 4) is 6.07 Å². The van der Waals surface area contributed by atoms with Crippen molar-refractivity contribution in [2.75, 3.05) is 6.61 Å². The average molecular weight is 563 g/mol. The highest BCUT2D eigenvalue weighted by Gasteiger charge is 2.38. The van der Waals surface area contributed by atoms with Gasteiger partial charge in [-0.15, -0.1) is 0 Å². The van der Waals surface area contributed by atoms with Crippen LogP contribution in [0.15, 0.2) is 48.5 Å². The largest absolute Gasteiger partial charge is 0.462 e. The van der Waals surface area contributed by atoms with Crippen molar-refractivity contribution in [2.24, 2.45) is 0 Å². The minimum absolute atomic E-state index is 0.0808. The second kappa shape index (κ2) is 12.9. The number of nitriles is 1. The number of carbonyl (C=O) groups is 4. The molecule has 0 aliphatic heterocycles. The summed E-state index contributed by atoms with van der Waals surface area (Å²) in [6.07, 6.45) is 2.27. The normalized spacial score (nSPS) is 15.5. The SMILES string of the molecule is CCOC(=O)c1cc(C(=O)NNC(=O)C(C)(Cc2ccccc2)NC(=O)OC(C)(C)C)cc(C2(C#N)CCCC2)c1. The number of benzene rings is 2. The number of nitrogens with zero attached hydrogens (tertiary/aromatic N) is 1. The summed E-state index contributed by atoms with van der Waals surface area (Å²) >= 11 is 0. The van der Waals surface area contributed by atoms with E-state index in [0.29, 0.717) is 18.4 Å². The molecule has 1 fully saturated rings. The summed E-state index contributed by atoms with van der Waals surface area (Å²) in [5.74, 6) is -2.00. The Morgan fingerprint density at radius 2 is 1.59 bits per heavy atom. The lowest BCUT2D eigenvalue weighted by molar-refractivity contribution is -0.127. The minimum atomic E-state index is -1.50. The van der Waals surface area contributed by atoms with E-state index < -0.39 is 40.4 Å². The monoisotopic (exact) mass is 562 g/mol. The first kappa shape index (κ1) is 31.1. The predicted molar refractivity (Wildman–Crippen MR) is 152 cm³/mol. The van der Waals surface area contributed by atoms with Gasteiger partial charge < -0.3 is 14.8 Å². The highest BCUT2D eigenvalue weighted by molar-refractivity contribution is 6.00. The topological polar surface area (TPSA) is 147 Å². The Kier molecular flexibility index (Phi) is 9.76. The number of amides is 3. The second-order valence-electron chi connectivity index (χ2n) is 11.5. The van der Waals surface area contributed by atoms with Crippen molar-refractivity contribution in [3.63, 3.8) is 0 Å². The zero-order valence-electron chi connectivity index (χ0n) is 24.3. The molecule has 0 saturated heterocycles. The van der Waals surface area contributed by atoms with E-state index in [0.717, 1.165) is 18.4 Å². The molecular formula is C31H38N4O6. The highest BCUT2D eigenvalue weighted by atomic mass is 16.6. The summed E-state index contributed by atoms with van der Waals surface area (Å²) in [5, 5.41) is 12.6. The molecule has 218 valence electrons. The van der Waals surface area contributed by atoms with Gasteiger partial charge in [0.2, 0.25) is 0 Å². The molecule has 3 N–H and O–H groups in total. The number of hydrogen-bond acceptors (Lipinski definition) is 7. The van der Waals surface area contributed by atoms with Crippen molar-refractivity contribution in [1.82, 2.24) is 16.2 Å². The van der Waals surface area contributed by atoms with Crippen LogP contribution in [0.4, 0.5) is 4.79 Å². The summed E-state index contributed by atoms with van der Waals surface area (Å²) in [6.45, 7) is 8.49. The van der Waals surface area contributed by atoms with Crippen molar-refractivity contribution < 1.29 is 28.7 Å². The minimum Gasteiger partial charge on any atom is -0.462 e. The van der Waals surface area contributed by atoms with Crippen molar-refractivity contribution in [1.29, 1.82) is 5.26 Å². The molecule has 2 aromatic rings. The van der Waals surface area contributed by atoms with E-state index in [1.165, 1.54) is 13.0 Å². The fourth-order valence-corrected chi connectivity index (χ4v) is 4.85. The summed E-state index contributed by atoms with van der Waals surface area (Å²) in [7, 11) is 0. The van der Waals surface area contributed by atoms with Crippen LogP contribution < -0.4 is 16.2 Å². The zero-order chi connectivity index (χ0) is 30.3. The third kappa shape index (κ3) is 8.07. The van der Waals surface area contributed by atoms with Gasteiger partial charge in [0.15, 0.2) is 0 Å². The molecule has 10 nitrogen and oxygen atoms in total. The van der Waals surface area contributed by atoms with Gasteiger partial charge in [-0.25, -0.2) is 9.59 Å². The molecule has 1 aliphatic rings. The molecule has 1 aliphatic carbocycles. The zero-order valence-corrected chi connectivity index (χ0v) is 24.3. The molecule has 3 rings (SSSR count). The molecule has 1 unspecified atom stereocenters. The van der Waals surface area contributed by atoms with E-state index in [1.54, 1.807) is 39.8 Å². The second-order valence-corrected chi connectivity index (χ2v) is 11.5. The number of esters is 1.